The Hall–Kier alpha value is -8.07. The fraction of sp³-hybridized carbons (Fsp3) is 0.451. The zero-order chi connectivity index (χ0) is 60.1. The summed E-state index contributed by atoms with van der Waals surface area (Å²) < 4.78 is 58.9. The number of benzene rings is 5. The van der Waals surface area contributed by atoms with Crippen molar-refractivity contribution in [3.05, 3.63) is 135 Å². The van der Waals surface area contributed by atoms with E-state index in [9.17, 15) is 19.2 Å². The number of carbonyl (C=O) groups is 4. The molecule has 0 atom stereocenters. The third-order valence-corrected chi connectivity index (χ3v) is 15.9. The van der Waals surface area contributed by atoms with Gasteiger partial charge in [0.05, 0.1) is 63.6 Å². The van der Waals surface area contributed by atoms with Gasteiger partial charge in [-0.25, -0.2) is 14.6 Å². The van der Waals surface area contributed by atoms with Crippen LogP contribution in [0.4, 0.5) is 0 Å². The number of unbranched alkanes of at least 4 members (excludes halogenated alkanes) is 9. The molecule has 2 aliphatic rings. The average molecular weight is 1180 g/mol. The Morgan fingerprint density at radius 2 is 0.791 bits per heavy atom. The first-order valence-corrected chi connectivity index (χ1v) is 31.1. The quantitative estimate of drug-likeness (QED) is 0.0119. The standard InChI is InChI=1S/C71H85NO14/c1-4-7-8-13-42-77-57-34-36-60(37-35-57)84-69-65-47-61(85-70(75)53-22-18-51(19-23-53)49-82-58-30-26-55(27-31-58)78-43-14-9-11-16-45-80-67(73)5-2)38-40-63(65)64-41-39-62(48-66(64)72-69)86-71(76)54-24-20-52(21-25-54)50-83-59-32-28-56(29-33-59)79-44-15-10-12-17-46-81-68(74)6-3/h5-6,26-41,47-48,51-54H,2-4,7-25,42-46,49-50H2,1H3. The highest BCUT2D eigenvalue weighted by molar-refractivity contribution is 6.08. The normalized spacial score (nSPS) is 16.5. The maximum atomic E-state index is 13.8. The molecule has 8 rings (SSSR count). The lowest BCUT2D eigenvalue weighted by molar-refractivity contribution is -0.141. The van der Waals surface area contributed by atoms with Crippen molar-refractivity contribution in [2.45, 2.75) is 135 Å². The van der Waals surface area contributed by atoms with Crippen molar-refractivity contribution in [3.63, 3.8) is 0 Å². The monoisotopic (exact) mass is 1180 g/mol. The molecule has 2 saturated carbocycles. The van der Waals surface area contributed by atoms with Gasteiger partial charge in [0.2, 0.25) is 5.88 Å². The van der Waals surface area contributed by atoms with E-state index in [1.165, 1.54) is 18.6 Å². The number of rotatable bonds is 36. The van der Waals surface area contributed by atoms with Crippen LogP contribution < -0.4 is 37.9 Å². The summed E-state index contributed by atoms with van der Waals surface area (Å²) in [6.07, 6.45) is 20.4. The van der Waals surface area contributed by atoms with E-state index < -0.39 is 0 Å². The molecule has 15 nitrogen and oxygen atoms in total. The maximum absolute atomic E-state index is 13.8. The van der Waals surface area contributed by atoms with Crippen molar-refractivity contribution < 1.29 is 66.5 Å². The number of hydrogen-bond acceptors (Lipinski definition) is 15. The van der Waals surface area contributed by atoms with Gasteiger partial charge in [0.15, 0.2) is 0 Å². The molecule has 6 aromatic rings. The third kappa shape index (κ3) is 20.9. The average Bonchev–Trinajstić information content (AvgIpc) is 1.13. The minimum atomic E-state index is -0.386. The Morgan fingerprint density at radius 3 is 1.22 bits per heavy atom. The fourth-order valence-corrected chi connectivity index (χ4v) is 10.8. The Morgan fingerprint density at radius 1 is 0.419 bits per heavy atom. The van der Waals surface area contributed by atoms with Gasteiger partial charge in [0, 0.05) is 29.0 Å². The second-order valence-corrected chi connectivity index (χ2v) is 22.4. The lowest BCUT2D eigenvalue weighted by Gasteiger charge is -2.27. The first-order valence-electron chi connectivity index (χ1n) is 31.1. The van der Waals surface area contributed by atoms with Crippen LogP contribution in [0.1, 0.15) is 135 Å². The fourth-order valence-electron chi connectivity index (χ4n) is 10.8. The van der Waals surface area contributed by atoms with Gasteiger partial charge in [-0.3, -0.25) is 9.59 Å². The summed E-state index contributed by atoms with van der Waals surface area (Å²) in [5, 5.41) is 2.32. The summed E-state index contributed by atoms with van der Waals surface area (Å²) in [6, 6.07) is 33.9. The molecule has 0 spiro atoms. The third-order valence-electron chi connectivity index (χ3n) is 15.9. The molecule has 0 radical (unpaired) electrons. The van der Waals surface area contributed by atoms with E-state index in [0.717, 1.165) is 136 Å². The summed E-state index contributed by atoms with van der Waals surface area (Å²) in [4.78, 5) is 54.8. The highest BCUT2D eigenvalue weighted by Gasteiger charge is 2.30. The van der Waals surface area contributed by atoms with Crippen molar-refractivity contribution >= 4 is 45.6 Å². The topological polar surface area (TPSA) is 173 Å². The van der Waals surface area contributed by atoms with Crippen molar-refractivity contribution in [1.29, 1.82) is 0 Å². The van der Waals surface area contributed by atoms with E-state index in [0.29, 0.717) is 118 Å². The van der Waals surface area contributed by atoms with Gasteiger partial charge in [-0.05, 0) is 230 Å². The van der Waals surface area contributed by atoms with Gasteiger partial charge in [-0.1, -0.05) is 39.3 Å². The van der Waals surface area contributed by atoms with E-state index >= 15 is 0 Å². The maximum Gasteiger partial charge on any atom is 0.330 e. The highest BCUT2D eigenvalue weighted by Crippen LogP contribution is 2.39. The molecular formula is C71H85NO14. The van der Waals surface area contributed by atoms with Crippen LogP contribution in [0, 0.1) is 23.7 Å². The summed E-state index contributed by atoms with van der Waals surface area (Å²) >= 11 is 0. The number of fused-ring (bicyclic) bond motifs is 3. The smallest absolute Gasteiger partial charge is 0.330 e. The van der Waals surface area contributed by atoms with E-state index in [-0.39, 0.29) is 35.7 Å². The number of pyridine rings is 1. The molecular weight excluding hydrogens is 1090 g/mol. The molecule has 0 aliphatic heterocycles. The zero-order valence-corrected chi connectivity index (χ0v) is 50.0. The Balaban J connectivity index is 0.814. The molecule has 0 N–H and O–H groups in total. The molecule has 86 heavy (non-hydrogen) atoms. The van der Waals surface area contributed by atoms with Crippen molar-refractivity contribution in [2.75, 3.05) is 46.2 Å². The van der Waals surface area contributed by atoms with Crippen molar-refractivity contribution in [2.24, 2.45) is 23.7 Å². The lowest BCUT2D eigenvalue weighted by atomic mass is 9.82. The molecule has 2 fully saturated rings. The molecule has 0 bridgehead atoms. The van der Waals surface area contributed by atoms with Gasteiger partial charge in [0.25, 0.3) is 0 Å². The second kappa shape index (κ2) is 34.8. The molecule has 15 heteroatoms. The number of esters is 4. The summed E-state index contributed by atoms with van der Waals surface area (Å²) in [6.45, 7) is 12.8. The molecule has 0 saturated heterocycles. The van der Waals surface area contributed by atoms with E-state index in [2.05, 4.69) is 20.1 Å². The number of ether oxygens (including phenoxy) is 10. The first-order chi connectivity index (χ1) is 42.1. The van der Waals surface area contributed by atoms with Crippen LogP contribution >= 0.6 is 0 Å². The Kier molecular flexibility index (Phi) is 25.9. The van der Waals surface area contributed by atoms with Crippen molar-refractivity contribution in [1.82, 2.24) is 4.98 Å². The van der Waals surface area contributed by atoms with Gasteiger partial charge in [0.1, 0.15) is 46.0 Å². The zero-order valence-electron chi connectivity index (χ0n) is 50.0. The van der Waals surface area contributed by atoms with Crippen LogP contribution in [0.15, 0.2) is 135 Å². The number of nitrogens with zero attached hydrogens (tertiary/aromatic N) is 1. The van der Waals surface area contributed by atoms with Crippen LogP contribution in [0.25, 0.3) is 21.7 Å². The van der Waals surface area contributed by atoms with Crippen LogP contribution in [-0.2, 0) is 28.7 Å². The number of carbonyl (C=O) groups excluding carboxylic acids is 4. The lowest BCUT2D eigenvalue weighted by Crippen LogP contribution is -2.27. The molecule has 5 aromatic carbocycles. The number of hydrogen-bond donors (Lipinski definition) is 0. The molecule has 1 aromatic heterocycles. The number of aromatic nitrogens is 1. The van der Waals surface area contributed by atoms with E-state index in [1.807, 2.05) is 97.1 Å². The van der Waals surface area contributed by atoms with E-state index in [4.69, 9.17) is 52.4 Å². The van der Waals surface area contributed by atoms with Crippen LogP contribution in [-0.4, -0.2) is 75.1 Å². The second-order valence-electron chi connectivity index (χ2n) is 22.4. The minimum absolute atomic E-state index is 0.232. The molecule has 0 amide bonds. The van der Waals surface area contributed by atoms with Crippen LogP contribution in [0.3, 0.4) is 0 Å². The van der Waals surface area contributed by atoms with Gasteiger partial charge >= 0.3 is 23.9 Å². The summed E-state index contributed by atoms with van der Waals surface area (Å²) in [5.74, 6) is 4.43. The first kappa shape index (κ1) is 63.9. The van der Waals surface area contributed by atoms with Gasteiger partial charge in [-0.15, -0.1) is 0 Å². The van der Waals surface area contributed by atoms with E-state index in [1.54, 1.807) is 12.1 Å². The van der Waals surface area contributed by atoms with Gasteiger partial charge < -0.3 is 47.4 Å². The predicted molar refractivity (Wildman–Crippen MR) is 332 cm³/mol. The van der Waals surface area contributed by atoms with Crippen LogP contribution in [0.2, 0.25) is 0 Å². The minimum Gasteiger partial charge on any atom is -0.494 e. The largest absolute Gasteiger partial charge is 0.494 e. The molecule has 2 aliphatic carbocycles. The summed E-state index contributed by atoms with van der Waals surface area (Å²) in [5.41, 5.74) is 0.584. The molecule has 1 heterocycles. The summed E-state index contributed by atoms with van der Waals surface area (Å²) in [7, 11) is 0. The van der Waals surface area contributed by atoms with Crippen molar-refractivity contribution in [3.8, 4) is 51.9 Å². The predicted octanol–water partition coefficient (Wildman–Crippen LogP) is 16.1. The molecule has 458 valence electrons. The Bertz CT molecular complexity index is 3090. The highest BCUT2D eigenvalue weighted by atomic mass is 16.5. The molecule has 0 unspecified atom stereocenters. The Labute approximate surface area is 506 Å². The van der Waals surface area contributed by atoms with Crippen LogP contribution in [0.5, 0.6) is 51.9 Å². The van der Waals surface area contributed by atoms with Gasteiger partial charge in [-0.2, -0.15) is 0 Å². The SMILES string of the molecule is C=CC(=O)OCCCCCCOc1ccc(OCC2CCC(C(=O)Oc3ccc4c(c3)nc(Oc3ccc(OCCCCCC)cc3)c3cc(OC(=O)C5CCC(COc6ccc(OCCCCCCOC(=O)C=C)cc6)CC5)ccc34)CC2)cc1.